The fraction of sp³-hybridized carbons (Fsp3) is 0.407. The molecule has 1 fully saturated rings. The highest BCUT2D eigenvalue weighted by molar-refractivity contribution is 7.18. The van der Waals surface area contributed by atoms with Crippen molar-refractivity contribution in [3.8, 4) is 6.07 Å². The van der Waals surface area contributed by atoms with Gasteiger partial charge in [0.1, 0.15) is 34.5 Å². The Morgan fingerprint density at radius 3 is 2.66 bits per heavy atom. The van der Waals surface area contributed by atoms with Crippen molar-refractivity contribution in [3.05, 3.63) is 52.3 Å². The molecule has 11 heteroatoms. The van der Waals surface area contributed by atoms with Crippen LogP contribution in [0.5, 0.6) is 0 Å². The number of ketones is 1. The van der Waals surface area contributed by atoms with Crippen molar-refractivity contribution >= 4 is 44.1 Å². The Balaban J connectivity index is 1.25. The van der Waals surface area contributed by atoms with E-state index in [1.165, 1.54) is 18.8 Å². The molecule has 1 saturated heterocycles. The van der Waals surface area contributed by atoms with Crippen LogP contribution in [0.4, 0.5) is 19.0 Å². The number of piperidine rings is 1. The molecular formula is C27H27F3N6OS. The Hall–Kier alpha value is -3.49. The number of halogens is 3. The zero-order valence-electron chi connectivity index (χ0n) is 21.1. The molecule has 5 rings (SSSR count). The first-order valence-electron chi connectivity index (χ1n) is 12.4. The van der Waals surface area contributed by atoms with Crippen molar-refractivity contribution in [2.24, 2.45) is 0 Å². The molecule has 0 radical (unpaired) electrons. The van der Waals surface area contributed by atoms with Crippen LogP contribution < -0.4 is 5.32 Å². The summed E-state index contributed by atoms with van der Waals surface area (Å²) in [6.07, 6.45) is -2.07. The van der Waals surface area contributed by atoms with Gasteiger partial charge in [0.05, 0.1) is 18.4 Å². The van der Waals surface area contributed by atoms with Gasteiger partial charge in [-0.05, 0) is 56.0 Å². The highest BCUT2D eigenvalue weighted by Crippen LogP contribution is 2.33. The minimum absolute atomic E-state index is 0.000606. The molecule has 1 N–H and O–H groups in total. The van der Waals surface area contributed by atoms with Crippen molar-refractivity contribution in [1.82, 2.24) is 19.4 Å². The Bertz CT molecular complexity index is 1540. The number of aromatic nitrogens is 3. The summed E-state index contributed by atoms with van der Waals surface area (Å²) in [5.74, 6) is 0.587. The van der Waals surface area contributed by atoms with Crippen LogP contribution in [0.3, 0.4) is 0 Å². The van der Waals surface area contributed by atoms with Crippen molar-refractivity contribution in [1.29, 1.82) is 5.26 Å². The van der Waals surface area contributed by atoms with Crippen LogP contribution in [0.2, 0.25) is 0 Å². The molecular weight excluding hydrogens is 513 g/mol. The van der Waals surface area contributed by atoms with Gasteiger partial charge in [-0.1, -0.05) is 6.07 Å². The summed E-state index contributed by atoms with van der Waals surface area (Å²) in [4.78, 5) is 23.3. The lowest BCUT2D eigenvalue weighted by atomic mass is 10.0. The summed E-state index contributed by atoms with van der Waals surface area (Å²) in [5.41, 5.74) is 3.67. The molecule has 1 aliphatic heterocycles. The lowest BCUT2D eigenvalue weighted by molar-refractivity contribution is -0.126. The average Bonchev–Trinajstić information content (AvgIpc) is 3.42. The van der Waals surface area contributed by atoms with Gasteiger partial charge in [0, 0.05) is 41.5 Å². The second-order valence-electron chi connectivity index (χ2n) is 9.85. The molecule has 3 aromatic heterocycles. The molecule has 0 saturated carbocycles. The predicted molar refractivity (Wildman–Crippen MR) is 141 cm³/mol. The van der Waals surface area contributed by atoms with E-state index in [4.69, 9.17) is 0 Å². The van der Waals surface area contributed by atoms with Crippen LogP contribution in [-0.4, -0.2) is 50.5 Å². The first-order chi connectivity index (χ1) is 18.1. The van der Waals surface area contributed by atoms with E-state index in [2.05, 4.69) is 39.2 Å². The summed E-state index contributed by atoms with van der Waals surface area (Å²) in [7, 11) is 0. The van der Waals surface area contributed by atoms with Gasteiger partial charge in [0.15, 0.2) is 0 Å². The molecule has 4 aromatic rings. The van der Waals surface area contributed by atoms with E-state index in [1.54, 1.807) is 10.6 Å². The summed E-state index contributed by atoms with van der Waals surface area (Å²) >= 11 is 1.06. The zero-order valence-corrected chi connectivity index (χ0v) is 21.9. The number of nitrogens with one attached hydrogen (secondary N) is 1. The van der Waals surface area contributed by atoms with Gasteiger partial charge < -0.3 is 9.88 Å². The molecule has 4 heterocycles. The summed E-state index contributed by atoms with van der Waals surface area (Å²) in [5, 5.41) is 14.6. The quantitative estimate of drug-likeness (QED) is 0.329. The molecule has 198 valence electrons. The number of hydrogen-bond donors (Lipinski definition) is 1. The number of alkyl halides is 3. The maximum absolute atomic E-state index is 12.8. The number of hydrogen-bond acceptors (Lipinski definition) is 7. The Morgan fingerprint density at radius 2 is 1.97 bits per heavy atom. The maximum atomic E-state index is 12.8. The lowest BCUT2D eigenvalue weighted by Crippen LogP contribution is -2.39. The number of benzene rings is 1. The molecule has 0 aliphatic carbocycles. The van der Waals surface area contributed by atoms with Crippen LogP contribution in [0, 0.1) is 18.3 Å². The molecule has 0 spiro atoms. The Morgan fingerprint density at radius 1 is 1.21 bits per heavy atom. The highest BCUT2D eigenvalue weighted by atomic mass is 32.1. The Kier molecular flexibility index (Phi) is 7.11. The maximum Gasteiger partial charge on any atom is 0.393 e. The first-order valence-corrected chi connectivity index (χ1v) is 13.2. The minimum Gasteiger partial charge on any atom is -0.367 e. The van der Waals surface area contributed by atoms with Crippen LogP contribution in [0.25, 0.3) is 21.1 Å². The van der Waals surface area contributed by atoms with E-state index in [0.717, 1.165) is 60.3 Å². The normalized spacial score (nSPS) is 15.3. The number of carbonyl (C=O) groups is 1. The first kappa shape index (κ1) is 26.1. The number of aryl methyl sites for hydroxylation is 1. The molecule has 0 bridgehead atoms. The van der Waals surface area contributed by atoms with Gasteiger partial charge in [0.25, 0.3) is 0 Å². The van der Waals surface area contributed by atoms with Crippen molar-refractivity contribution < 1.29 is 18.0 Å². The molecule has 7 nitrogen and oxygen atoms in total. The third-order valence-electron chi connectivity index (χ3n) is 7.04. The van der Waals surface area contributed by atoms with Crippen LogP contribution in [0.15, 0.2) is 30.6 Å². The van der Waals surface area contributed by atoms with E-state index in [0.29, 0.717) is 21.7 Å². The van der Waals surface area contributed by atoms with E-state index < -0.39 is 12.6 Å². The number of fused-ring (bicyclic) bond motifs is 2. The predicted octanol–water partition coefficient (Wildman–Crippen LogP) is 5.60. The number of nitrogens with zero attached hydrogens (tertiary/aromatic N) is 5. The third kappa shape index (κ3) is 5.51. The van der Waals surface area contributed by atoms with Crippen molar-refractivity contribution in [2.75, 3.05) is 18.4 Å². The third-order valence-corrected chi connectivity index (χ3v) is 8.08. The standard InChI is InChI=1S/C27H27F3N6OS/c1-16(37)13-36-20(12-31)9-22-17(2)18(3-4-24(22)36)14-35-7-5-19(6-8-35)34-25-23-10-21(11-27(28,29)30)38-26(23)33-15-32-25/h3-4,9-10,15,19H,5-8,11,13-14H2,1-2H3,(H,32,33,34). The fourth-order valence-electron chi connectivity index (χ4n) is 5.15. The minimum atomic E-state index is -4.26. The summed E-state index contributed by atoms with van der Waals surface area (Å²) in [6.45, 7) is 6.25. The molecule has 0 amide bonds. The SMILES string of the molecule is CC(=O)Cn1c(C#N)cc2c(C)c(CN3CCC(Nc4ncnc5sc(CC(F)(F)F)cc45)CC3)ccc21. The molecule has 0 unspecified atom stereocenters. The number of rotatable bonds is 7. The number of carbonyl (C=O) groups excluding carboxylic acids is 1. The van der Waals surface area contributed by atoms with Gasteiger partial charge in [0.2, 0.25) is 0 Å². The van der Waals surface area contributed by atoms with Gasteiger partial charge in [-0.2, -0.15) is 18.4 Å². The number of likely N-dealkylation sites (tertiary alicyclic amines) is 1. The van der Waals surface area contributed by atoms with Crippen LogP contribution in [0.1, 0.15) is 41.5 Å². The smallest absolute Gasteiger partial charge is 0.367 e. The topological polar surface area (TPSA) is 86.8 Å². The van der Waals surface area contributed by atoms with E-state index in [1.807, 2.05) is 12.1 Å². The second-order valence-corrected chi connectivity index (χ2v) is 11.0. The number of Topliss-reactive ketones (excluding diaryl/α,β-unsaturated/α-hetero) is 1. The van der Waals surface area contributed by atoms with Crippen molar-refractivity contribution in [2.45, 2.75) is 58.4 Å². The number of thiophene rings is 1. The van der Waals surface area contributed by atoms with E-state index >= 15 is 0 Å². The monoisotopic (exact) mass is 540 g/mol. The largest absolute Gasteiger partial charge is 0.393 e. The highest BCUT2D eigenvalue weighted by Gasteiger charge is 2.29. The average molecular weight is 541 g/mol. The lowest BCUT2D eigenvalue weighted by Gasteiger charge is -2.33. The molecule has 0 atom stereocenters. The molecule has 1 aliphatic rings. The fourth-order valence-corrected chi connectivity index (χ4v) is 6.18. The van der Waals surface area contributed by atoms with Gasteiger partial charge in [-0.3, -0.25) is 9.69 Å². The van der Waals surface area contributed by atoms with Crippen LogP contribution >= 0.6 is 11.3 Å². The van der Waals surface area contributed by atoms with Crippen molar-refractivity contribution in [3.63, 3.8) is 0 Å². The molecule has 38 heavy (non-hydrogen) atoms. The van der Waals surface area contributed by atoms with Gasteiger partial charge >= 0.3 is 6.18 Å². The summed E-state index contributed by atoms with van der Waals surface area (Å²) < 4.78 is 40.3. The number of nitriles is 1. The van der Waals surface area contributed by atoms with Gasteiger partial charge in [-0.15, -0.1) is 11.3 Å². The van der Waals surface area contributed by atoms with E-state index in [9.17, 15) is 23.2 Å². The van der Waals surface area contributed by atoms with Gasteiger partial charge in [-0.25, -0.2) is 9.97 Å². The summed E-state index contributed by atoms with van der Waals surface area (Å²) in [6, 6.07) is 9.84. The van der Waals surface area contributed by atoms with Crippen LogP contribution in [-0.2, 0) is 24.3 Å². The second kappa shape index (κ2) is 10.3. The Labute approximate surface area is 221 Å². The van der Waals surface area contributed by atoms with E-state index in [-0.39, 0.29) is 23.2 Å². The molecule has 1 aromatic carbocycles. The number of anilines is 1. The zero-order chi connectivity index (χ0) is 27.0.